The fourth-order valence-corrected chi connectivity index (χ4v) is 20.2. The van der Waals surface area contributed by atoms with Crippen LogP contribution in [-0.2, 0) is 6.18 Å². The standard InChI is InChI=1S/C25H18F3N3.C24H18BrN3.C24H17Cl2N3.C24H17N5O4.C24H17N3/c1-15-21(19-12-5-6-13-20(19)29-15)24-30-22(16-8-3-2-4-9-16)23(31-24)17-10-7-11-18(14-17)25(26,27)28;1-15-21(19-9-5-6-10-20(19)26-15)24-27-22(16-7-3-2-4-8-16)23(28-24)17-11-13-18(25)14-12-17;1-14-21(19-4-2-3-5-20(19)27-14)24-28-22(15-6-10-17(25)11-7-15)23(29-24)16-8-12-18(26)13-9-16;1-14-21(19-4-2-3-5-20(19)25-14)24-26-22(15-6-10-17(11-7-15)28(30)31)23(27-24)16-8-12-18(13-9-16)29(32)33;1-14-21(19-12-6-7-13-20(19)25-14)24-26-22-17-10-4-2-8-15(17)16-9-3-5-11-18(16)23(22)27-24/h2-14,29H,1H3,(H,30,31);2-14,26H,1H3,(H,27,28);2-13,27H,1H3,(H,28,29);2-13,25H,1H3,(H,26,27);2-13,25H,1H3,(H,26,27). The number of hydrogen-bond donors (Lipinski definition) is 10. The number of para-hydroxylation sites is 5. The van der Waals surface area contributed by atoms with Gasteiger partial charge in [0.2, 0.25) is 0 Å². The predicted molar refractivity (Wildman–Crippen MR) is 595 cm³/mol. The van der Waals surface area contributed by atoms with Crippen LogP contribution in [0, 0.1) is 54.8 Å². The number of halogens is 6. The van der Waals surface area contributed by atoms with Gasteiger partial charge in [0.25, 0.3) is 11.4 Å². The summed E-state index contributed by atoms with van der Waals surface area (Å²) >= 11 is 15.7. The van der Waals surface area contributed by atoms with Gasteiger partial charge in [-0.25, -0.2) is 24.9 Å². The molecule has 0 bridgehead atoms. The topological polar surface area (TPSA) is 309 Å². The van der Waals surface area contributed by atoms with Crippen LogP contribution in [0.1, 0.15) is 34.0 Å². The summed E-state index contributed by atoms with van der Waals surface area (Å²) in [5.74, 6) is 3.87. The molecule has 26 aromatic rings. The second-order valence-corrected chi connectivity index (χ2v) is 37.7. The largest absolute Gasteiger partial charge is 0.416 e. The number of aromatic nitrogens is 15. The number of benzene rings is 16. The molecular formula is C121H87BrCl2F3N17O4. The Bertz CT molecular complexity index is 9300. The van der Waals surface area contributed by atoms with Crippen molar-refractivity contribution in [3.8, 4) is 147 Å². The summed E-state index contributed by atoms with van der Waals surface area (Å²) in [6, 6.07) is 119. The number of aromatic amines is 10. The third kappa shape index (κ3) is 18.5. The Morgan fingerprint density at radius 3 is 0.872 bits per heavy atom. The second-order valence-electron chi connectivity index (χ2n) is 35.9. The molecule has 0 atom stereocenters. The van der Waals surface area contributed by atoms with E-state index in [-0.39, 0.29) is 11.4 Å². The summed E-state index contributed by atoms with van der Waals surface area (Å²) in [6.07, 6.45) is -4.42. The number of non-ortho nitro benzene ring substituents is 2. The van der Waals surface area contributed by atoms with Crippen LogP contribution in [0.4, 0.5) is 24.5 Å². The van der Waals surface area contributed by atoms with Gasteiger partial charge in [0.1, 0.15) is 29.1 Å². The van der Waals surface area contributed by atoms with Crippen LogP contribution < -0.4 is 0 Å². The van der Waals surface area contributed by atoms with E-state index in [1.54, 1.807) is 30.3 Å². The molecule has 10 heterocycles. The van der Waals surface area contributed by atoms with Gasteiger partial charge in [-0.1, -0.05) is 288 Å². The lowest BCUT2D eigenvalue weighted by molar-refractivity contribution is -0.385. The lowest BCUT2D eigenvalue weighted by atomic mass is 10.0. The minimum absolute atomic E-state index is 0.0113. The normalized spacial score (nSPS) is 11.5. The SMILES string of the molecule is Cc1[nH]c2ccccc2c1-c1nc(-c2ccc(Cl)cc2)c(-c2ccc(Cl)cc2)[nH]1.Cc1[nH]c2ccccc2c1-c1nc(-c2ccc([N+](=O)[O-])cc2)c(-c2ccc([N+](=O)[O-])cc2)[nH]1.Cc1[nH]c2ccccc2c1-c1nc(-c2cccc(C(F)(F)F)c2)c(-c2ccccc2)[nH]1.Cc1[nH]c2ccccc2c1-c1nc(-c2ccccc2)c(-c2ccc(Br)cc2)[nH]1.Cc1[nH]c2ccccc2c1-c1nc2c3ccccc3c3ccccc3c2[nH]1. The first-order chi connectivity index (χ1) is 71.9. The molecule has 722 valence electrons. The van der Waals surface area contributed by atoms with E-state index in [9.17, 15) is 33.4 Å². The molecule has 0 saturated heterocycles. The molecule has 26 rings (SSSR count). The molecule has 0 aliphatic heterocycles. The van der Waals surface area contributed by atoms with Crippen LogP contribution in [0.5, 0.6) is 0 Å². The Morgan fingerprint density at radius 1 is 0.264 bits per heavy atom. The van der Waals surface area contributed by atoms with Crippen molar-refractivity contribution < 1.29 is 23.0 Å². The number of alkyl halides is 3. The molecule has 10 aromatic heterocycles. The average Bonchev–Trinajstić information content (AvgIpc) is 1.57. The summed E-state index contributed by atoms with van der Waals surface area (Å²) in [6.45, 7) is 10.2. The monoisotopic (exact) mass is 2050 g/mol. The molecular weight excluding hydrogens is 1960 g/mol. The van der Waals surface area contributed by atoms with Gasteiger partial charge in [0.05, 0.1) is 72.0 Å². The molecule has 0 saturated carbocycles. The molecule has 0 amide bonds. The molecule has 148 heavy (non-hydrogen) atoms. The summed E-state index contributed by atoms with van der Waals surface area (Å²) in [5, 5.41) is 34.0. The molecule has 16 aromatic carbocycles. The maximum Gasteiger partial charge on any atom is 0.416 e. The first-order valence-electron chi connectivity index (χ1n) is 47.6. The third-order valence-corrected chi connectivity index (χ3v) is 27.5. The van der Waals surface area contributed by atoms with Crippen LogP contribution >= 0.6 is 39.1 Å². The van der Waals surface area contributed by atoms with Gasteiger partial charge < -0.3 is 49.8 Å². The van der Waals surface area contributed by atoms with E-state index in [0.29, 0.717) is 61.2 Å². The maximum absolute atomic E-state index is 13.3. The van der Waals surface area contributed by atoms with E-state index in [1.807, 2.05) is 178 Å². The Kier molecular flexibility index (Phi) is 25.4. The fourth-order valence-electron chi connectivity index (χ4n) is 19.7. The Hall–Kier alpha value is -18.3. The van der Waals surface area contributed by atoms with Gasteiger partial charge in [-0.2, -0.15) is 13.2 Å². The molecule has 0 spiro atoms. The number of fused-ring (bicyclic) bond motifs is 11. The van der Waals surface area contributed by atoms with E-state index >= 15 is 0 Å². The average molecular weight is 2050 g/mol. The highest BCUT2D eigenvalue weighted by Gasteiger charge is 2.33. The highest BCUT2D eigenvalue weighted by Crippen LogP contribution is 2.47. The second kappa shape index (κ2) is 39.8. The highest BCUT2D eigenvalue weighted by atomic mass is 79.9. The lowest BCUT2D eigenvalue weighted by Gasteiger charge is -2.08. The van der Waals surface area contributed by atoms with E-state index in [4.69, 9.17) is 48.1 Å². The zero-order valence-corrected chi connectivity index (χ0v) is 82.9. The summed E-state index contributed by atoms with van der Waals surface area (Å²) < 4.78 is 41.1. The number of nitro groups is 2. The number of imidazole rings is 5. The van der Waals surface area contributed by atoms with Gasteiger partial charge in [-0.15, -0.1) is 0 Å². The van der Waals surface area contributed by atoms with Crippen molar-refractivity contribution in [2.45, 2.75) is 40.8 Å². The van der Waals surface area contributed by atoms with Crippen LogP contribution in [-0.4, -0.2) is 84.6 Å². The molecule has 0 aliphatic rings. The van der Waals surface area contributed by atoms with Gasteiger partial charge in [-0.3, -0.25) is 20.2 Å². The number of nitro benzene ring substituents is 2. The van der Waals surface area contributed by atoms with E-state index in [1.165, 1.54) is 62.6 Å². The van der Waals surface area contributed by atoms with Gasteiger partial charge in [0, 0.05) is 205 Å². The first-order valence-corrected chi connectivity index (χ1v) is 49.1. The third-order valence-electron chi connectivity index (χ3n) is 26.5. The highest BCUT2D eigenvalue weighted by molar-refractivity contribution is 9.10. The molecule has 0 fully saturated rings. The van der Waals surface area contributed by atoms with Gasteiger partial charge in [-0.05, 0) is 149 Å². The Morgan fingerprint density at radius 2 is 0.520 bits per heavy atom. The Labute approximate surface area is 862 Å². The minimum Gasteiger partial charge on any atom is -0.358 e. The number of aryl methyl sites for hydroxylation is 5. The van der Waals surface area contributed by atoms with E-state index in [0.717, 1.165) is 196 Å². The molecule has 0 aliphatic carbocycles. The van der Waals surface area contributed by atoms with Crippen LogP contribution in [0.2, 0.25) is 10.0 Å². The van der Waals surface area contributed by atoms with Crippen molar-refractivity contribution in [1.29, 1.82) is 0 Å². The fraction of sp³-hybridized carbons (Fsp3) is 0.0496. The summed E-state index contributed by atoms with van der Waals surface area (Å²) in [4.78, 5) is 80.7. The summed E-state index contributed by atoms with van der Waals surface area (Å²) in [5.41, 5.74) is 30.2. The van der Waals surface area contributed by atoms with Crippen molar-refractivity contribution in [3.63, 3.8) is 0 Å². The molecule has 10 N–H and O–H groups in total. The number of hydrogen-bond acceptors (Lipinski definition) is 9. The van der Waals surface area contributed by atoms with Crippen molar-refractivity contribution >= 4 is 138 Å². The number of nitrogens with one attached hydrogen (secondary N) is 10. The van der Waals surface area contributed by atoms with Crippen LogP contribution in [0.3, 0.4) is 0 Å². The minimum atomic E-state index is -4.42. The Balaban J connectivity index is 0.000000105. The van der Waals surface area contributed by atoms with Crippen molar-refractivity contribution in [1.82, 2.24) is 74.8 Å². The van der Waals surface area contributed by atoms with E-state index in [2.05, 4.69) is 226 Å². The summed E-state index contributed by atoms with van der Waals surface area (Å²) in [7, 11) is 0. The van der Waals surface area contributed by atoms with Gasteiger partial charge >= 0.3 is 6.18 Å². The van der Waals surface area contributed by atoms with Crippen molar-refractivity contribution in [3.05, 3.63) is 445 Å². The van der Waals surface area contributed by atoms with Crippen LogP contribution in [0.25, 0.3) is 234 Å². The number of rotatable bonds is 15. The maximum atomic E-state index is 13.3. The van der Waals surface area contributed by atoms with Crippen molar-refractivity contribution in [2.75, 3.05) is 0 Å². The predicted octanol–water partition coefficient (Wildman–Crippen LogP) is 34.0. The first kappa shape index (κ1) is 94.6. The zero-order chi connectivity index (χ0) is 102. The number of H-pyrrole nitrogens is 10. The molecule has 21 nitrogen and oxygen atoms in total. The zero-order valence-electron chi connectivity index (χ0n) is 79.8. The molecule has 0 unspecified atom stereocenters. The van der Waals surface area contributed by atoms with Crippen molar-refractivity contribution in [2.24, 2.45) is 0 Å². The van der Waals surface area contributed by atoms with E-state index < -0.39 is 21.6 Å². The van der Waals surface area contributed by atoms with Crippen LogP contribution in [0.15, 0.2) is 381 Å². The lowest BCUT2D eigenvalue weighted by Crippen LogP contribution is -2.04. The molecule has 27 heteroatoms. The smallest absolute Gasteiger partial charge is 0.358 e. The van der Waals surface area contributed by atoms with Gasteiger partial charge in [0.15, 0.2) is 0 Å². The molecule has 0 radical (unpaired) electrons. The number of nitrogens with zero attached hydrogens (tertiary/aromatic N) is 7. The quantitative estimate of drug-likeness (QED) is 0.0265.